The molecule has 16 heavy (non-hydrogen) atoms. The van der Waals surface area contributed by atoms with E-state index in [-0.39, 0.29) is 0 Å². The topological polar surface area (TPSA) is 0 Å². The van der Waals surface area contributed by atoms with Gasteiger partial charge in [0, 0.05) is 0 Å². The van der Waals surface area contributed by atoms with Gasteiger partial charge >= 0.3 is 0 Å². The third kappa shape index (κ3) is 5.37. The second kappa shape index (κ2) is 6.07. The van der Waals surface area contributed by atoms with Crippen LogP contribution in [0.5, 0.6) is 0 Å². The smallest absolute Gasteiger partial charge is 0.0293 e. The van der Waals surface area contributed by atoms with E-state index in [4.69, 9.17) is 0 Å². The van der Waals surface area contributed by atoms with Crippen molar-refractivity contribution in [1.29, 1.82) is 0 Å². The summed E-state index contributed by atoms with van der Waals surface area (Å²) in [6, 6.07) is 0. The molecule has 0 radical (unpaired) electrons. The second-order valence-corrected chi connectivity index (χ2v) is 7.53. The maximum absolute atomic E-state index is 2.51. The summed E-state index contributed by atoms with van der Waals surface area (Å²) >= 11 is 0. The van der Waals surface area contributed by atoms with Crippen molar-refractivity contribution in [1.82, 2.24) is 0 Å². The van der Waals surface area contributed by atoms with Crippen LogP contribution < -0.4 is 0 Å². The van der Waals surface area contributed by atoms with Crippen LogP contribution in [0.15, 0.2) is 0 Å². The lowest BCUT2D eigenvalue weighted by Crippen LogP contribution is -2.33. The molecule has 98 valence electrons. The molecular formula is C16H34. The Hall–Kier alpha value is 0. The molecule has 0 aromatic rings. The number of hydrogen-bond donors (Lipinski definition) is 0. The van der Waals surface area contributed by atoms with Crippen molar-refractivity contribution in [3.05, 3.63) is 0 Å². The molecule has 0 rings (SSSR count). The predicted molar refractivity (Wildman–Crippen MR) is 75.7 cm³/mol. The highest BCUT2D eigenvalue weighted by Gasteiger charge is 2.35. The Bertz CT molecular complexity index is 185. The van der Waals surface area contributed by atoms with E-state index in [2.05, 4.69) is 55.4 Å². The van der Waals surface area contributed by atoms with Gasteiger partial charge in [-0.2, -0.15) is 0 Å². The van der Waals surface area contributed by atoms with Crippen LogP contribution in [-0.2, 0) is 0 Å². The fraction of sp³-hybridized carbons (Fsp3) is 1.00. The van der Waals surface area contributed by atoms with Gasteiger partial charge in [-0.3, -0.25) is 0 Å². The fourth-order valence-corrected chi connectivity index (χ4v) is 3.07. The quantitative estimate of drug-likeness (QED) is 0.528. The molecular weight excluding hydrogens is 192 g/mol. The second-order valence-electron chi connectivity index (χ2n) is 7.53. The molecule has 0 heterocycles. The summed E-state index contributed by atoms with van der Waals surface area (Å²) in [6.07, 6.45) is 5.44. The van der Waals surface area contributed by atoms with Crippen LogP contribution in [0.1, 0.15) is 81.1 Å². The average molecular weight is 226 g/mol. The molecule has 0 aromatic carbocycles. The maximum Gasteiger partial charge on any atom is -0.0293 e. The van der Waals surface area contributed by atoms with Crippen molar-refractivity contribution in [2.45, 2.75) is 81.1 Å². The summed E-state index contributed by atoms with van der Waals surface area (Å²) in [5, 5.41) is 0. The summed E-state index contributed by atoms with van der Waals surface area (Å²) in [7, 11) is 0. The lowest BCUT2D eigenvalue weighted by Gasteiger charge is -2.42. The minimum atomic E-state index is 0.450. The average Bonchev–Trinajstić information content (AvgIpc) is 2.10. The van der Waals surface area contributed by atoms with E-state index >= 15 is 0 Å². The van der Waals surface area contributed by atoms with Crippen LogP contribution in [0.25, 0.3) is 0 Å². The Kier molecular flexibility index (Phi) is 6.07. The monoisotopic (exact) mass is 226 g/mol. The molecule has 2 unspecified atom stereocenters. The third-order valence-electron chi connectivity index (χ3n) is 4.13. The van der Waals surface area contributed by atoms with E-state index in [1.165, 1.54) is 25.7 Å². The molecule has 0 N–H and O–H groups in total. The lowest BCUT2D eigenvalue weighted by atomic mass is 9.63. The zero-order chi connectivity index (χ0) is 13.0. The van der Waals surface area contributed by atoms with Crippen LogP contribution in [0.3, 0.4) is 0 Å². The van der Waals surface area contributed by atoms with Crippen LogP contribution >= 0.6 is 0 Å². The molecule has 0 fully saturated rings. The number of hydrogen-bond acceptors (Lipinski definition) is 0. The van der Waals surface area contributed by atoms with E-state index in [1.54, 1.807) is 0 Å². The normalized spacial score (nSPS) is 18.6. The van der Waals surface area contributed by atoms with Gasteiger partial charge in [0.15, 0.2) is 0 Å². The first-order chi connectivity index (χ1) is 7.12. The lowest BCUT2D eigenvalue weighted by molar-refractivity contribution is 0.0765. The highest BCUT2D eigenvalue weighted by molar-refractivity contribution is 4.85. The fourth-order valence-electron chi connectivity index (χ4n) is 3.07. The van der Waals surface area contributed by atoms with Gasteiger partial charge in [-0.1, -0.05) is 68.2 Å². The van der Waals surface area contributed by atoms with Gasteiger partial charge in [-0.05, 0) is 35.5 Å². The van der Waals surface area contributed by atoms with E-state index < -0.39 is 0 Å². The predicted octanol–water partition coefficient (Wildman–Crippen LogP) is 5.91. The largest absolute Gasteiger partial charge is 0.0654 e. The molecule has 0 amide bonds. The van der Waals surface area contributed by atoms with Crippen molar-refractivity contribution in [3.8, 4) is 0 Å². The summed E-state index contributed by atoms with van der Waals surface area (Å²) in [6.45, 7) is 19.1. The molecule has 0 heteroatoms. The Morgan fingerprint density at radius 3 is 1.75 bits per heavy atom. The van der Waals surface area contributed by atoms with Gasteiger partial charge in [0.1, 0.15) is 0 Å². The zero-order valence-corrected chi connectivity index (χ0v) is 13.0. The number of rotatable bonds is 6. The zero-order valence-electron chi connectivity index (χ0n) is 13.0. The van der Waals surface area contributed by atoms with Crippen molar-refractivity contribution in [2.24, 2.45) is 22.7 Å². The van der Waals surface area contributed by atoms with E-state index in [1.807, 2.05) is 0 Å². The summed E-state index contributed by atoms with van der Waals surface area (Å²) in [4.78, 5) is 0. The molecule has 0 saturated carbocycles. The highest BCUT2D eigenvalue weighted by Crippen LogP contribution is 2.45. The van der Waals surface area contributed by atoms with E-state index in [0.29, 0.717) is 10.8 Å². The first-order valence-electron chi connectivity index (χ1n) is 7.12. The van der Waals surface area contributed by atoms with Gasteiger partial charge < -0.3 is 0 Å². The molecule has 0 nitrogen and oxygen atoms in total. The third-order valence-corrected chi connectivity index (χ3v) is 4.13. The van der Waals surface area contributed by atoms with Gasteiger partial charge in [-0.25, -0.2) is 0 Å². The minimum absolute atomic E-state index is 0.450. The Morgan fingerprint density at radius 1 is 0.938 bits per heavy atom. The molecule has 0 saturated heterocycles. The Balaban J connectivity index is 4.73. The molecule has 0 spiro atoms. The van der Waals surface area contributed by atoms with Crippen LogP contribution in [0.4, 0.5) is 0 Å². The summed E-state index contributed by atoms with van der Waals surface area (Å²) < 4.78 is 0. The molecule has 0 aromatic heterocycles. The van der Waals surface area contributed by atoms with Crippen molar-refractivity contribution >= 4 is 0 Å². The van der Waals surface area contributed by atoms with E-state index in [0.717, 1.165) is 11.8 Å². The molecule has 0 bridgehead atoms. The van der Waals surface area contributed by atoms with Crippen molar-refractivity contribution in [3.63, 3.8) is 0 Å². The summed E-state index contributed by atoms with van der Waals surface area (Å²) in [5.41, 5.74) is 0.966. The van der Waals surface area contributed by atoms with Gasteiger partial charge in [-0.15, -0.1) is 0 Å². The van der Waals surface area contributed by atoms with Gasteiger partial charge in [0.2, 0.25) is 0 Å². The number of unbranched alkanes of at least 4 members (excludes halogenated alkanes) is 1. The van der Waals surface area contributed by atoms with Crippen molar-refractivity contribution < 1.29 is 0 Å². The Morgan fingerprint density at radius 2 is 1.44 bits per heavy atom. The van der Waals surface area contributed by atoms with Crippen LogP contribution in [0, 0.1) is 22.7 Å². The first-order valence-corrected chi connectivity index (χ1v) is 7.12. The standard InChI is InChI=1S/C16H34/c1-9-10-11-16(8,12-15(5,6)7)14(4)13(2)3/h13-14H,9-12H2,1-8H3. The van der Waals surface area contributed by atoms with Gasteiger partial charge in [0.25, 0.3) is 0 Å². The first kappa shape index (κ1) is 16.0. The highest BCUT2D eigenvalue weighted by atomic mass is 14.4. The molecule has 2 atom stereocenters. The Labute approximate surface area is 104 Å². The summed E-state index contributed by atoms with van der Waals surface area (Å²) in [5.74, 6) is 1.61. The van der Waals surface area contributed by atoms with Crippen LogP contribution in [0.2, 0.25) is 0 Å². The minimum Gasteiger partial charge on any atom is -0.0654 e. The van der Waals surface area contributed by atoms with Crippen molar-refractivity contribution in [2.75, 3.05) is 0 Å². The van der Waals surface area contributed by atoms with E-state index in [9.17, 15) is 0 Å². The van der Waals surface area contributed by atoms with Crippen LogP contribution in [-0.4, -0.2) is 0 Å². The molecule has 0 aliphatic rings. The molecule has 0 aliphatic heterocycles. The SMILES string of the molecule is CCCCC(C)(CC(C)(C)C)C(C)C(C)C. The van der Waals surface area contributed by atoms with Gasteiger partial charge in [0.05, 0.1) is 0 Å². The maximum atomic E-state index is 2.51. The molecule has 0 aliphatic carbocycles.